The lowest BCUT2D eigenvalue weighted by molar-refractivity contribution is 0.104. The number of ether oxygens (including phenoxy) is 1. The SMILES string of the molecule is CC(C)NCC(O)COc1ccccc1Cn1cccn1. The second kappa shape index (κ2) is 7.81. The predicted octanol–water partition coefficient (Wildman–Crippen LogP) is 1.67. The lowest BCUT2D eigenvalue weighted by Crippen LogP contribution is -2.35. The summed E-state index contributed by atoms with van der Waals surface area (Å²) in [6.45, 7) is 5.55. The zero-order valence-electron chi connectivity index (χ0n) is 12.6. The third-order valence-corrected chi connectivity index (χ3v) is 3.06. The first kappa shape index (κ1) is 15.5. The van der Waals surface area contributed by atoms with E-state index >= 15 is 0 Å². The van der Waals surface area contributed by atoms with Crippen LogP contribution in [0.25, 0.3) is 0 Å². The Hall–Kier alpha value is -1.85. The molecule has 1 aromatic heterocycles. The lowest BCUT2D eigenvalue weighted by atomic mass is 10.2. The van der Waals surface area contributed by atoms with Gasteiger partial charge in [0, 0.05) is 30.5 Å². The second-order valence-corrected chi connectivity index (χ2v) is 5.34. The topological polar surface area (TPSA) is 59.3 Å². The molecule has 1 aromatic carbocycles. The highest BCUT2D eigenvalue weighted by Gasteiger charge is 2.09. The summed E-state index contributed by atoms with van der Waals surface area (Å²) in [6, 6.07) is 10.1. The van der Waals surface area contributed by atoms with Crippen molar-refractivity contribution in [2.45, 2.75) is 32.5 Å². The first-order chi connectivity index (χ1) is 10.1. The highest BCUT2D eigenvalue weighted by atomic mass is 16.5. The molecular weight excluding hydrogens is 266 g/mol. The van der Waals surface area contributed by atoms with E-state index in [0.29, 0.717) is 19.1 Å². The molecule has 2 rings (SSSR count). The van der Waals surface area contributed by atoms with Crippen molar-refractivity contribution in [2.24, 2.45) is 0 Å². The van der Waals surface area contributed by atoms with Crippen LogP contribution in [0.1, 0.15) is 19.4 Å². The molecule has 1 atom stereocenters. The van der Waals surface area contributed by atoms with Gasteiger partial charge in [-0.2, -0.15) is 5.10 Å². The third kappa shape index (κ3) is 5.21. The van der Waals surface area contributed by atoms with E-state index in [9.17, 15) is 5.11 Å². The van der Waals surface area contributed by atoms with Gasteiger partial charge >= 0.3 is 0 Å². The van der Waals surface area contributed by atoms with E-state index in [1.165, 1.54) is 0 Å². The summed E-state index contributed by atoms with van der Waals surface area (Å²) in [7, 11) is 0. The Bertz CT molecular complexity index is 526. The van der Waals surface area contributed by atoms with Gasteiger partial charge in [-0.05, 0) is 12.1 Å². The maximum Gasteiger partial charge on any atom is 0.124 e. The molecule has 0 bridgehead atoms. The van der Waals surface area contributed by atoms with Crippen molar-refractivity contribution in [3.63, 3.8) is 0 Å². The van der Waals surface area contributed by atoms with Crippen LogP contribution in [0.3, 0.4) is 0 Å². The van der Waals surface area contributed by atoms with Gasteiger partial charge in [0.25, 0.3) is 0 Å². The maximum absolute atomic E-state index is 9.90. The van der Waals surface area contributed by atoms with Crippen molar-refractivity contribution in [3.05, 3.63) is 48.3 Å². The molecule has 1 heterocycles. The Kier molecular flexibility index (Phi) is 5.78. The van der Waals surface area contributed by atoms with Crippen molar-refractivity contribution in [2.75, 3.05) is 13.2 Å². The van der Waals surface area contributed by atoms with E-state index in [-0.39, 0.29) is 6.61 Å². The molecule has 2 N–H and O–H groups in total. The van der Waals surface area contributed by atoms with E-state index < -0.39 is 6.10 Å². The van der Waals surface area contributed by atoms with Gasteiger partial charge in [-0.1, -0.05) is 32.0 Å². The van der Waals surface area contributed by atoms with Gasteiger partial charge in [0.2, 0.25) is 0 Å². The molecule has 0 amide bonds. The van der Waals surface area contributed by atoms with Gasteiger partial charge in [0.05, 0.1) is 6.54 Å². The van der Waals surface area contributed by atoms with Gasteiger partial charge in [-0.15, -0.1) is 0 Å². The molecular formula is C16H23N3O2. The van der Waals surface area contributed by atoms with E-state index in [4.69, 9.17) is 4.74 Å². The third-order valence-electron chi connectivity index (χ3n) is 3.06. The standard InChI is InChI=1S/C16H23N3O2/c1-13(2)17-10-15(20)12-21-16-7-4-3-6-14(16)11-19-9-5-8-18-19/h3-9,13,15,17,20H,10-12H2,1-2H3. The number of benzene rings is 1. The fourth-order valence-electron chi connectivity index (χ4n) is 1.96. The van der Waals surface area contributed by atoms with E-state index in [2.05, 4.69) is 10.4 Å². The number of aromatic nitrogens is 2. The highest BCUT2D eigenvalue weighted by Crippen LogP contribution is 2.19. The first-order valence-electron chi connectivity index (χ1n) is 7.24. The van der Waals surface area contributed by atoms with Crippen LogP contribution >= 0.6 is 0 Å². The summed E-state index contributed by atoms with van der Waals surface area (Å²) in [6.07, 6.45) is 3.15. The Morgan fingerprint density at radius 3 is 2.81 bits per heavy atom. The molecule has 0 aliphatic heterocycles. The zero-order chi connectivity index (χ0) is 15.1. The van der Waals surface area contributed by atoms with Crippen LogP contribution in [0.15, 0.2) is 42.7 Å². The summed E-state index contributed by atoms with van der Waals surface area (Å²) in [5.74, 6) is 0.789. The average molecular weight is 289 g/mol. The summed E-state index contributed by atoms with van der Waals surface area (Å²) < 4.78 is 7.60. The molecule has 0 aliphatic carbocycles. The maximum atomic E-state index is 9.90. The largest absolute Gasteiger partial charge is 0.490 e. The van der Waals surface area contributed by atoms with Gasteiger partial charge in [-0.3, -0.25) is 4.68 Å². The molecule has 0 radical (unpaired) electrons. The van der Waals surface area contributed by atoms with E-state index in [1.807, 2.05) is 55.1 Å². The van der Waals surface area contributed by atoms with Gasteiger partial charge < -0.3 is 15.2 Å². The second-order valence-electron chi connectivity index (χ2n) is 5.34. The van der Waals surface area contributed by atoms with Crippen molar-refractivity contribution in [1.82, 2.24) is 15.1 Å². The highest BCUT2D eigenvalue weighted by molar-refractivity contribution is 5.33. The van der Waals surface area contributed by atoms with Crippen LogP contribution in [0, 0.1) is 0 Å². The summed E-state index contributed by atoms with van der Waals surface area (Å²) in [5.41, 5.74) is 1.05. The molecule has 2 aromatic rings. The minimum Gasteiger partial charge on any atom is -0.490 e. The number of aliphatic hydroxyl groups is 1. The molecule has 0 spiro atoms. The number of aliphatic hydroxyl groups excluding tert-OH is 1. The molecule has 5 nitrogen and oxygen atoms in total. The molecule has 1 unspecified atom stereocenters. The van der Waals surface area contributed by atoms with Crippen LogP contribution in [0.4, 0.5) is 0 Å². The van der Waals surface area contributed by atoms with Gasteiger partial charge in [0.15, 0.2) is 0 Å². The Morgan fingerprint density at radius 2 is 2.10 bits per heavy atom. The number of nitrogens with one attached hydrogen (secondary N) is 1. The van der Waals surface area contributed by atoms with Crippen molar-refractivity contribution < 1.29 is 9.84 Å². The minimum atomic E-state index is -0.523. The van der Waals surface area contributed by atoms with E-state index in [0.717, 1.165) is 11.3 Å². The Labute approximate surface area is 125 Å². The monoisotopic (exact) mass is 289 g/mol. The van der Waals surface area contributed by atoms with Gasteiger partial charge in [0.1, 0.15) is 18.5 Å². The number of nitrogens with zero attached hydrogens (tertiary/aromatic N) is 2. The fraction of sp³-hybridized carbons (Fsp3) is 0.438. The molecule has 0 saturated carbocycles. The molecule has 114 valence electrons. The lowest BCUT2D eigenvalue weighted by Gasteiger charge is -2.16. The van der Waals surface area contributed by atoms with Crippen LogP contribution in [-0.2, 0) is 6.54 Å². The summed E-state index contributed by atoms with van der Waals surface area (Å²) >= 11 is 0. The number of rotatable bonds is 8. The van der Waals surface area contributed by atoms with Gasteiger partial charge in [-0.25, -0.2) is 0 Å². The van der Waals surface area contributed by atoms with Crippen LogP contribution < -0.4 is 10.1 Å². The van der Waals surface area contributed by atoms with Crippen molar-refractivity contribution in [3.8, 4) is 5.75 Å². The minimum absolute atomic E-state index is 0.274. The molecule has 0 fully saturated rings. The Morgan fingerprint density at radius 1 is 1.29 bits per heavy atom. The van der Waals surface area contributed by atoms with Crippen molar-refractivity contribution >= 4 is 0 Å². The average Bonchev–Trinajstić information content (AvgIpc) is 2.97. The fourth-order valence-corrected chi connectivity index (χ4v) is 1.96. The molecule has 5 heteroatoms. The number of hydrogen-bond donors (Lipinski definition) is 2. The summed E-state index contributed by atoms with van der Waals surface area (Å²) in [5, 5.41) is 17.3. The Balaban J connectivity index is 1.90. The van der Waals surface area contributed by atoms with E-state index in [1.54, 1.807) is 6.20 Å². The molecule has 0 saturated heterocycles. The molecule has 0 aliphatic rings. The van der Waals surface area contributed by atoms with Crippen LogP contribution in [0.5, 0.6) is 5.75 Å². The smallest absolute Gasteiger partial charge is 0.124 e. The quantitative estimate of drug-likeness (QED) is 0.776. The van der Waals surface area contributed by atoms with Crippen molar-refractivity contribution in [1.29, 1.82) is 0 Å². The predicted molar refractivity (Wildman–Crippen MR) is 82.4 cm³/mol. The zero-order valence-corrected chi connectivity index (χ0v) is 12.6. The normalized spacial score (nSPS) is 12.6. The van der Waals surface area contributed by atoms with Crippen LogP contribution in [-0.4, -0.2) is 40.2 Å². The van der Waals surface area contributed by atoms with Crippen LogP contribution in [0.2, 0.25) is 0 Å². The summed E-state index contributed by atoms with van der Waals surface area (Å²) in [4.78, 5) is 0. The number of hydrogen-bond acceptors (Lipinski definition) is 4. The number of para-hydroxylation sites is 1. The first-order valence-corrected chi connectivity index (χ1v) is 7.24. The molecule has 21 heavy (non-hydrogen) atoms.